The molecule has 108 valence electrons. The van der Waals surface area contributed by atoms with Crippen molar-refractivity contribution in [2.75, 3.05) is 4.72 Å². The van der Waals surface area contributed by atoms with Gasteiger partial charge < -0.3 is 0 Å². The van der Waals surface area contributed by atoms with Crippen molar-refractivity contribution >= 4 is 15.8 Å². The fourth-order valence-corrected chi connectivity index (χ4v) is 3.70. The van der Waals surface area contributed by atoms with Crippen molar-refractivity contribution in [2.45, 2.75) is 24.2 Å². The predicted molar refractivity (Wildman–Crippen MR) is 77.2 cm³/mol. The maximum absolute atomic E-state index is 12.5. The summed E-state index contributed by atoms with van der Waals surface area (Å²) >= 11 is 0. The highest BCUT2D eigenvalue weighted by atomic mass is 32.2. The van der Waals surface area contributed by atoms with Crippen LogP contribution in [0.2, 0.25) is 0 Å². The molecule has 0 radical (unpaired) electrons. The van der Waals surface area contributed by atoms with Crippen molar-refractivity contribution in [1.82, 2.24) is 9.78 Å². The van der Waals surface area contributed by atoms with Crippen molar-refractivity contribution in [3.05, 3.63) is 41.1 Å². The average molecular weight is 302 g/mol. The molecule has 1 heterocycles. The molecule has 1 aromatic carbocycles. The lowest BCUT2D eigenvalue weighted by molar-refractivity contribution is 0.600. The Kier molecular flexibility index (Phi) is 3.18. The molecular formula is C14H14N4O2S. The molecule has 2 aromatic rings. The molecular weight excluding hydrogens is 288 g/mol. The minimum Gasteiger partial charge on any atom is -0.262 e. The number of benzene rings is 1. The standard InChI is InChI=1S/C14H14N4O2S/c1-18-14(12(8-15)9-16-18)17-21(19,20)13-6-5-10-3-2-4-11(10)7-13/h5-7,9,17H,2-4H2,1H3. The molecule has 0 atom stereocenters. The molecule has 0 fully saturated rings. The van der Waals surface area contributed by atoms with E-state index < -0.39 is 10.0 Å². The molecule has 6 nitrogen and oxygen atoms in total. The van der Waals surface area contributed by atoms with Gasteiger partial charge in [0.1, 0.15) is 11.6 Å². The van der Waals surface area contributed by atoms with Crippen LogP contribution in [0.15, 0.2) is 29.3 Å². The molecule has 1 aliphatic carbocycles. The Morgan fingerprint density at radius 3 is 2.86 bits per heavy atom. The topological polar surface area (TPSA) is 87.8 Å². The van der Waals surface area contributed by atoms with Crippen LogP contribution in [0.1, 0.15) is 23.1 Å². The fraction of sp³-hybridized carbons (Fsp3) is 0.286. The number of sulfonamides is 1. The summed E-state index contributed by atoms with van der Waals surface area (Å²) in [4.78, 5) is 0.216. The summed E-state index contributed by atoms with van der Waals surface area (Å²) in [6.45, 7) is 0. The van der Waals surface area contributed by atoms with Gasteiger partial charge in [0.2, 0.25) is 0 Å². The molecule has 0 saturated carbocycles. The summed E-state index contributed by atoms with van der Waals surface area (Å²) in [5.41, 5.74) is 2.50. The number of aromatic nitrogens is 2. The first kappa shape index (κ1) is 13.6. The smallest absolute Gasteiger partial charge is 0.262 e. The van der Waals surface area contributed by atoms with Gasteiger partial charge in [-0.2, -0.15) is 10.4 Å². The van der Waals surface area contributed by atoms with Crippen LogP contribution in [-0.4, -0.2) is 18.2 Å². The van der Waals surface area contributed by atoms with Crippen LogP contribution in [0.4, 0.5) is 5.82 Å². The van der Waals surface area contributed by atoms with Gasteiger partial charge in [0.25, 0.3) is 10.0 Å². The minimum absolute atomic E-state index is 0.179. The van der Waals surface area contributed by atoms with Gasteiger partial charge in [-0.25, -0.2) is 8.42 Å². The number of nitrogens with zero attached hydrogens (tertiary/aromatic N) is 3. The first-order valence-electron chi connectivity index (χ1n) is 6.58. The zero-order valence-electron chi connectivity index (χ0n) is 11.5. The highest BCUT2D eigenvalue weighted by Gasteiger charge is 2.21. The lowest BCUT2D eigenvalue weighted by Gasteiger charge is -2.10. The molecule has 21 heavy (non-hydrogen) atoms. The molecule has 7 heteroatoms. The number of aryl methyl sites for hydroxylation is 3. The summed E-state index contributed by atoms with van der Waals surface area (Å²) in [6, 6.07) is 7.11. The van der Waals surface area contributed by atoms with Gasteiger partial charge in [-0.15, -0.1) is 0 Å². The zero-order chi connectivity index (χ0) is 15.0. The largest absolute Gasteiger partial charge is 0.263 e. The van der Waals surface area contributed by atoms with E-state index in [9.17, 15) is 8.42 Å². The second-order valence-corrected chi connectivity index (χ2v) is 6.71. The van der Waals surface area contributed by atoms with E-state index in [0.29, 0.717) is 0 Å². The van der Waals surface area contributed by atoms with Crippen LogP contribution in [0, 0.1) is 11.3 Å². The van der Waals surface area contributed by atoms with Crippen LogP contribution in [0.5, 0.6) is 0 Å². The number of hydrogen-bond donors (Lipinski definition) is 1. The van der Waals surface area contributed by atoms with Crippen LogP contribution in [-0.2, 0) is 29.9 Å². The molecule has 1 aromatic heterocycles. The van der Waals surface area contributed by atoms with Gasteiger partial charge in [-0.1, -0.05) is 6.07 Å². The molecule has 0 saturated heterocycles. The second kappa shape index (κ2) is 4.90. The Labute approximate surface area is 123 Å². The number of hydrogen-bond acceptors (Lipinski definition) is 4. The van der Waals surface area contributed by atoms with Crippen molar-refractivity contribution in [3.8, 4) is 6.07 Å². The quantitative estimate of drug-likeness (QED) is 0.932. The van der Waals surface area contributed by atoms with E-state index in [0.717, 1.165) is 24.8 Å². The average Bonchev–Trinajstić information content (AvgIpc) is 3.05. The fourth-order valence-electron chi connectivity index (χ4n) is 2.54. The SMILES string of the molecule is Cn1ncc(C#N)c1NS(=O)(=O)c1ccc2c(c1)CCC2. The Balaban J connectivity index is 1.98. The van der Waals surface area contributed by atoms with Gasteiger partial charge in [-0.3, -0.25) is 9.40 Å². The van der Waals surface area contributed by atoms with E-state index in [1.54, 1.807) is 19.2 Å². The van der Waals surface area contributed by atoms with E-state index in [2.05, 4.69) is 9.82 Å². The molecule has 0 spiro atoms. The molecule has 3 rings (SSSR count). The molecule has 0 aliphatic heterocycles. The molecule has 0 bridgehead atoms. The highest BCUT2D eigenvalue weighted by molar-refractivity contribution is 7.92. The number of anilines is 1. The Morgan fingerprint density at radius 2 is 2.10 bits per heavy atom. The third kappa shape index (κ3) is 2.38. The van der Waals surface area contributed by atoms with Gasteiger partial charge in [0, 0.05) is 7.05 Å². The maximum atomic E-state index is 12.5. The van der Waals surface area contributed by atoms with E-state index in [1.807, 2.05) is 12.1 Å². The van der Waals surface area contributed by atoms with Crippen molar-refractivity contribution in [3.63, 3.8) is 0 Å². The first-order valence-corrected chi connectivity index (χ1v) is 8.06. The first-order chi connectivity index (χ1) is 10.0. The third-order valence-electron chi connectivity index (χ3n) is 3.67. The lowest BCUT2D eigenvalue weighted by atomic mass is 10.1. The van der Waals surface area contributed by atoms with Gasteiger partial charge in [-0.05, 0) is 42.5 Å². The monoisotopic (exact) mass is 302 g/mol. The van der Waals surface area contributed by atoms with Gasteiger partial charge in [0.05, 0.1) is 11.1 Å². The van der Waals surface area contributed by atoms with E-state index in [-0.39, 0.29) is 16.3 Å². The Hall–Kier alpha value is -2.33. The Morgan fingerprint density at radius 1 is 1.33 bits per heavy atom. The number of nitriles is 1. The lowest BCUT2D eigenvalue weighted by Crippen LogP contribution is -2.16. The van der Waals surface area contributed by atoms with E-state index in [4.69, 9.17) is 5.26 Å². The number of nitrogens with one attached hydrogen (secondary N) is 1. The van der Waals surface area contributed by atoms with E-state index >= 15 is 0 Å². The molecule has 0 unspecified atom stereocenters. The van der Waals surface area contributed by atoms with Crippen LogP contribution < -0.4 is 4.72 Å². The van der Waals surface area contributed by atoms with Gasteiger partial charge >= 0.3 is 0 Å². The summed E-state index contributed by atoms with van der Waals surface area (Å²) in [5.74, 6) is 0.179. The zero-order valence-corrected chi connectivity index (χ0v) is 12.3. The predicted octanol–water partition coefficient (Wildman–Crippen LogP) is 1.58. The van der Waals surface area contributed by atoms with Crippen molar-refractivity contribution < 1.29 is 8.42 Å². The van der Waals surface area contributed by atoms with Crippen LogP contribution in [0.3, 0.4) is 0 Å². The maximum Gasteiger partial charge on any atom is 0.263 e. The van der Waals surface area contributed by atoms with Gasteiger partial charge in [0.15, 0.2) is 5.82 Å². The van der Waals surface area contributed by atoms with Crippen LogP contribution in [0.25, 0.3) is 0 Å². The highest BCUT2D eigenvalue weighted by Crippen LogP contribution is 2.26. The Bertz CT molecular complexity index is 846. The minimum atomic E-state index is -3.72. The summed E-state index contributed by atoms with van der Waals surface area (Å²) in [6.07, 6.45) is 4.31. The molecule has 1 aliphatic rings. The normalized spacial score (nSPS) is 13.7. The number of fused-ring (bicyclic) bond motifs is 1. The summed E-state index contributed by atoms with van der Waals surface area (Å²) < 4.78 is 28.7. The van der Waals surface area contributed by atoms with Crippen LogP contribution >= 0.6 is 0 Å². The summed E-state index contributed by atoms with van der Waals surface area (Å²) in [5, 5.41) is 12.9. The molecule has 1 N–H and O–H groups in total. The number of rotatable bonds is 3. The summed E-state index contributed by atoms with van der Waals surface area (Å²) in [7, 11) is -2.14. The second-order valence-electron chi connectivity index (χ2n) is 5.03. The third-order valence-corrected chi connectivity index (χ3v) is 5.01. The van der Waals surface area contributed by atoms with Crippen molar-refractivity contribution in [1.29, 1.82) is 5.26 Å². The van der Waals surface area contributed by atoms with Crippen molar-refractivity contribution in [2.24, 2.45) is 7.05 Å². The van der Waals surface area contributed by atoms with E-state index in [1.165, 1.54) is 16.4 Å². The molecule has 0 amide bonds.